The first kappa shape index (κ1) is 16.4. The Bertz CT molecular complexity index is 657. The third kappa shape index (κ3) is 2.77. The van der Waals surface area contributed by atoms with E-state index in [4.69, 9.17) is 11.6 Å². The highest BCUT2D eigenvalue weighted by Crippen LogP contribution is 2.54. The fraction of sp³-hybridized carbons (Fsp3) is 0.529. The molecule has 0 spiro atoms. The van der Waals surface area contributed by atoms with Gasteiger partial charge in [0.25, 0.3) is 0 Å². The van der Waals surface area contributed by atoms with Gasteiger partial charge in [0.1, 0.15) is 18.3 Å². The van der Waals surface area contributed by atoms with Gasteiger partial charge in [0.15, 0.2) is 6.23 Å². The van der Waals surface area contributed by atoms with Crippen molar-refractivity contribution in [1.82, 2.24) is 14.8 Å². The third-order valence-electron chi connectivity index (χ3n) is 5.30. The predicted octanol–water partition coefficient (Wildman–Crippen LogP) is 2.83. The Balaban J connectivity index is 1.91. The van der Waals surface area contributed by atoms with Gasteiger partial charge in [-0.05, 0) is 48.3 Å². The van der Waals surface area contributed by atoms with Gasteiger partial charge in [-0.1, -0.05) is 37.6 Å². The van der Waals surface area contributed by atoms with E-state index in [2.05, 4.69) is 10.1 Å². The zero-order chi connectivity index (χ0) is 16.7. The summed E-state index contributed by atoms with van der Waals surface area (Å²) in [6, 6.07) is 7.64. The standard InChI is InChI=1S/C17H22ClN3O2/c1-16(2)8-7-13(9-12-3-5-14(18)6-4-12)17(16,23)15(22)21-11-19-10-20-21/h3-6,10-11,13,15,22-23H,7-9H2,1-2H3/t13?,15-,17?/m1/s1. The van der Waals surface area contributed by atoms with Crippen molar-refractivity contribution < 1.29 is 10.2 Å². The maximum atomic E-state index is 11.5. The van der Waals surface area contributed by atoms with Crippen LogP contribution in [-0.2, 0) is 6.42 Å². The van der Waals surface area contributed by atoms with E-state index in [1.165, 1.54) is 17.3 Å². The zero-order valence-corrected chi connectivity index (χ0v) is 14.1. The SMILES string of the molecule is CC1(C)CCC(Cc2ccc(Cl)cc2)C1(O)[C@@H](O)n1cncn1. The summed E-state index contributed by atoms with van der Waals surface area (Å²) in [7, 11) is 0. The van der Waals surface area contributed by atoms with Crippen LogP contribution in [0.4, 0.5) is 0 Å². The van der Waals surface area contributed by atoms with Crippen LogP contribution in [0, 0.1) is 11.3 Å². The molecule has 2 N–H and O–H groups in total. The fourth-order valence-corrected chi connectivity index (χ4v) is 3.90. The highest BCUT2D eigenvalue weighted by Gasteiger charge is 2.59. The second kappa shape index (κ2) is 5.89. The summed E-state index contributed by atoms with van der Waals surface area (Å²) in [6.07, 6.45) is 4.05. The summed E-state index contributed by atoms with van der Waals surface area (Å²) in [5, 5.41) is 27.0. The second-order valence-electron chi connectivity index (χ2n) is 7.02. The fourth-order valence-electron chi connectivity index (χ4n) is 3.78. The number of halogens is 1. The zero-order valence-electron chi connectivity index (χ0n) is 13.4. The molecular formula is C17H22ClN3O2. The van der Waals surface area contributed by atoms with E-state index in [-0.39, 0.29) is 5.92 Å². The number of nitrogens with zero attached hydrogens (tertiary/aromatic N) is 3. The number of hydrogen-bond donors (Lipinski definition) is 2. The maximum Gasteiger partial charge on any atom is 0.178 e. The number of benzene rings is 1. The largest absolute Gasteiger partial charge is 0.384 e. The average Bonchev–Trinajstić information content (AvgIpc) is 3.12. The molecule has 5 nitrogen and oxygen atoms in total. The van der Waals surface area contributed by atoms with Gasteiger partial charge in [-0.25, -0.2) is 9.67 Å². The highest BCUT2D eigenvalue weighted by atomic mass is 35.5. The van der Waals surface area contributed by atoms with E-state index in [1.54, 1.807) is 0 Å². The Morgan fingerprint density at radius 3 is 2.65 bits per heavy atom. The molecule has 1 fully saturated rings. The molecule has 0 bridgehead atoms. The summed E-state index contributed by atoms with van der Waals surface area (Å²) in [6.45, 7) is 3.99. The van der Waals surface area contributed by atoms with Crippen molar-refractivity contribution in [3.8, 4) is 0 Å². The molecule has 3 atom stereocenters. The van der Waals surface area contributed by atoms with E-state index in [1.807, 2.05) is 38.1 Å². The molecule has 23 heavy (non-hydrogen) atoms. The maximum absolute atomic E-state index is 11.5. The summed E-state index contributed by atoms with van der Waals surface area (Å²) in [5.41, 5.74) is -0.600. The van der Waals surface area contributed by atoms with Gasteiger partial charge in [0.05, 0.1) is 0 Å². The summed E-state index contributed by atoms with van der Waals surface area (Å²) in [4.78, 5) is 3.88. The lowest BCUT2D eigenvalue weighted by Gasteiger charge is -2.43. The third-order valence-corrected chi connectivity index (χ3v) is 5.55. The molecular weight excluding hydrogens is 314 g/mol. The monoisotopic (exact) mass is 335 g/mol. The summed E-state index contributed by atoms with van der Waals surface area (Å²) >= 11 is 5.94. The highest BCUT2D eigenvalue weighted by molar-refractivity contribution is 6.30. The van der Waals surface area contributed by atoms with Crippen LogP contribution in [0.15, 0.2) is 36.9 Å². The molecule has 1 saturated carbocycles. The first-order chi connectivity index (χ1) is 10.8. The van der Waals surface area contributed by atoms with Gasteiger partial charge in [-0.3, -0.25) is 0 Å². The first-order valence-electron chi connectivity index (χ1n) is 7.83. The van der Waals surface area contributed by atoms with Gasteiger partial charge in [0, 0.05) is 5.02 Å². The van der Waals surface area contributed by atoms with Crippen LogP contribution < -0.4 is 0 Å². The molecule has 1 heterocycles. The molecule has 1 aliphatic carbocycles. The van der Waals surface area contributed by atoms with Crippen LogP contribution in [0.3, 0.4) is 0 Å². The minimum atomic E-state index is -1.28. The number of aliphatic hydroxyl groups is 2. The van der Waals surface area contributed by atoms with Crippen molar-refractivity contribution in [2.45, 2.75) is 44.9 Å². The Morgan fingerprint density at radius 2 is 2.04 bits per heavy atom. The van der Waals surface area contributed by atoms with Gasteiger partial charge in [-0.15, -0.1) is 0 Å². The lowest BCUT2D eigenvalue weighted by atomic mass is 9.71. The van der Waals surface area contributed by atoms with Crippen molar-refractivity contribution in [2.24, 2.45) is 11.3 Å². The molecule has 1 aromatic carbocycles. The van der Waals surface area contributed by atoms with E-state index in [0.717, 1.165) is 18.4 Å². The molecule has 1 aliphatic rings. The van der Waals surface area contributed by atoms with Crippen molar-refractivity contribution in [3.63, 3.8) is 0 Å². The molecule has 6 heteroatoms. The van der Waals surface area contributed by atoms with Crippen molar-refractivity contribution in [1.29, 1.82) is 0 Å². The normalized spacial score (nSPS) is 28.0. The van der Waals surface area contributed by atoms with Crippen molar-refractivity contribution in [3.05, 3.63) is 47.5 Å². The molecule has 3 rings (SSSR count). The minimum Gasteiger partial charge on any atom is -0.384 e. The quantitative estimate of drug-likeness (QED) is 0.901. The Labute approximate surface area is 140 Å². The van der Waals surface area contributed by atoms with Crippen LogP contribution in [0.25, 0.3) is 0 Å². The van der Waals surface area contributed by atoms with E-state index >= 15 is 0 Å². The Kier molecular flexibility index (Phi) is 4.21. The van der Waals surface area contributed by atoms with Crippen LogP contribution >= 0.6 is 11.6 Å². The molecule has 0 amide bonds. The smallest absolute Gasteiger partial charge is 0.178 e. The first-order valence-corrected chi connectivity index (χ1v) is 8.21. The Morgan fingerprint density at radius 1 is 1.35 bits per heavy atom. The average molecular weight is 336 g/mol. The molecule has 0 saturated heterocycles. The molecule has 2 aromatic rings. The number of aromatic nitrogens is 3. The lowest BCUT2D eigenvalue weighted by molar-refractivity contribution is -0.189. The van der Waals surface area contributed by atoms with Crippen LogP contribution in [0.1, 0.15) is 38.5 Å². The van der Waals surface area contributed by atoms with Gasteiger partial charge in [0.2, 0.25) is 0 Å². The summed E-state index contributed by atoms with van der Waals surface area (Å²) in [5.74, 6) is -0.0714. The molecule has 124 valence electrons. The van der Waals surface area contributed by atoms with Crippen molar-refractivity contribution >= 4 is 11.6 Å². The van der Waals surface area contributed by atoms with Crippen LogP contribution in [-0.4, -0.2) is 30.6 Å². The van der Waals surface area contributed by atoms with Crippen molar-refractivity contribution in [2.75, 3.05) is 0 Å². The van der Waals surface area contributed by atoms with Gasteiger partial charge >= 0.3 is 0 Å². The van der Waals surface area contributed by atoms with E-state index in [0.29, 0.717) is 11.4 Å². The molecule has 2 unspecified atom stereocenters. The molecule has 0 radical (unpaired) electrons. The number of aliphatic hydroxyl groups excluding tert-OH is 1. The topological polar surface area (TPSA) is 71.2 Å². The molecule has 1 aromatic heterocycles. The Hall–Kier alpha value is -1.43. The van der Waals surface area contributed by atoms with Gasteiger partial charge in [-0.2, -0.15) is 5.10 Å². The lowest BCUT2D eigenvalue weighted by Crippen LogP contribution is -2.52. The van der Waals surface area contributed by atoms with Crippen LogP contribution in [0.2, 0.25) is 5.02 Å². The second-order valence-corrected chi connectivity index (χ2v) is 7.46. The van der Waals surface area contributed by atoms with Crippen LogP contribution in [0.5, 0.6) is 0 Å². The van der Waals surface area contributed by atoms with Gasteiger partial charge < -0.3 is 10.2 Å². The number of rotatable bonds is 4. The van der Waals surface area contributed by atoms with E-state index in [9.17, 15) is 10.2 Å². The summed E-state index contributed by atoms with van der Waals surface area (Å²) < 4.78 is 1.34. The molecule has 0 aliphatic heterocycles. The van der Waals surface area contributed by atoms with E-state index < -0.39 is 17.2 Å². The predicted molar refractivity (Wildman–Crippen MR) is 87.9 cm³/mol. The number of hydrogen-bond acceptors (Lipinski definition) is 4. The minimum absolute atomic E-state index is 0.0714.